The summed E-state index contributed by atoms with van der Waals surface area (Å²) in [6.45, 7) is 1.85. The van der Waals surface area contributed by atoms with Gasteiger partial charge in [0.05, 0.1) is 12.0 Å². The van der Waals surface area contributed by atoms with E-state index in [1.807, 2.05) is 18.2 Å². The lowest BCUT2D eigenvalue weighted by molar-refractivity contribution is -0.126. The molecule has 0 aliphatic heterocycles. The quantitative estimate of drug-likeness (QED) is 0.775. The van der Waals surface area contributed by atoms with E-state index in [0.717, 1.165) is 18.4 Å². The number of hydrogen-bond donors (Lipinski definition) is 3. The standard InChI is InChI=1S/C16H22N2O3/c1-12(19)18-14-6-4-5-13(9-14)11-17-15(20)10-16(21)7-2-3-8-16/h4-6,9,21H,2-3,7-8,10-11H2,1H3,(H,17,20)(H,18,19). The third-order valence-corrected chi connectivity index (χ3v) is 3.76. The molecule has 3 N–H and O–H groups in total. The Hall–Kier alpha value is -1.88. The lowest BCUT2D eigenvalue weighted by atomic mass is 9.97. The Morgan fingerprint density at radius 2 is 2.00 bits per heavy atom. The predicted octanol–water partition coefficient (Wildman–Crippen LogP) is 1.96. The van der Waals surface area contributed by atoms with E-state index in [4.69, 9.17) is 0 Å². The van der Waals surface area contributed by atoms with Crippen molar-refractivity contribution in [2.24, 2.45) is 0 Å². The van der Waals surface area contributed by atoms with Crippen LogP contribution in [0.1, 0.15) is 44.6 Å². The average molecular weight is 290 g/mol. The van der Waals surface area contributed by atoms with Gasteiger partial charge >= 0.3 is 0 Å². The predicted molar refractivity (Wildman–Crippen MR) is 80.6 cm³/mol. The minimum Gasteiger partial charge on any atom is -0.389 e. The van der Waals surface area contributed by atoms with Gasteiger partial charge in [0.15, 0.2) is 0 Å². The zero-order valence-corrected chi connectivity index (χ0v) is 12.3. The molecule has 1 saturated carbocycles. The normalized spacial score (nSPS) is 16.5. The molecular formula is C16H22N2O3. The van der Waals surface area contributed by atoms with Crippen molar-refractivity contribution in [1.82, 2.24) is 5.32 Å². The fourth-order valence-corrected chi connectivity index (χ4v) is 2.73. The Morgan fingerprint density at radius 3 is 2.67 bits per heavy atom. The molecule has 1 aliphatic carbocycles. The van der Waals surface area contributed by atoms with Gasteiger partial charge in [-0.25, -0.2) is 0 Å². The van der Waals surface area contributed by atoms with Crippen LogP contribution < -0.4 is 10.6 Å². The van der Waals surface area contributed by atoms with Crippen LogP contribution in [0.4, 0.5) is 5.69 Å². The Labute approximate surface area is 124 Å². The molecule has 5 heteroatoms. The van der Waals surface area contributed by atoms with Gasteiger partial charge in [-0.05, 0) is 30.5 Å². The first-order chi connectivity index (χ1) is 9.97. The van der Waals surface area contributed by atoms with Gasteiger partial charge in [-0.3, -0.25) is 9.59 Å². The summed E-state index contributed by atoms with van der Waals surface area (Å²) in [5, 5.41) is 15.7. The molecule has 2 amide bonds. The molecule has 21 heavy (non-hydrogen) atoms. The highest BCUT2D eigenvalue weighted by Gasteiger charge is 2.33. The van der Waals surface area contributed by atoms with Gasteiger partial charge in [-0.2, -0.15) is 0 Å². The van der Waals surface area contributed by atoms with Gasteiger partial charge in [0, 0.05) is 19.2 Å². The van der Waals surface area contributed by atoms with Crippen molar-refractivity contribution >= 4 is 17.5 Å². The molecule has 5 nitrogen and oxygen atoms in total. The van der Waals surface area contributed by atoms with Gasteiger partial charge in [-0.1, -0.05) is 25.0 Å². The number of carbonyl (C=O) groups is 2. The lowest BCUT2D eigenvalue weighted by Crippen LogP contribution is -2.34. The number of aliphatic hydroxyl groups is 1. The molecular weight excluding hydrogens is 268 g/mol. The minimum absolute atomic E-state index is 0.125. The second-order valence-electron chi connectivity index (χ2n) is 5.77. The van der Waals surface area contributed by atoms with Crippen LogP contribution in [0.5, 0.6) is 0 Å². The van der Waals surface area contributed by atoms with Crippen LogP contribution >= 0.6 is 0 Å². The van der Waals surface area contributed by atoms with Gasteiger partial charge in [-0.15, -0.1) is 0 Å². The van der Waals surface area contributed by atoms with Crippen molar-refractivity contribution in [3.63, 3.8) is 0 Å². The van der Waals surface area contributed by atoms with E-state index in [-0.39, 0.29) is 18.2 Å². The smallest absolute Gasteiger partial charge is 0.223 e. The molecule has 0 spiro atoms. The average Bonchev–Trinajstić information content (AvgIpc) is 2.82. The highest BCUT2D eigenvalue weighted by molar-refractivity contribution is 5.88. The fraction of sp³-hybridized carbons (Fsp3) is 0.500. The number of nitrogens with one attached hydrogen (secondary N) is 2. The van der Waals surface area contributed by atoms with E-state index < -0.39 is 5.60 Å². The molecule has 1 aromatic carbocycles. The maximum atomic E-state index is 11.9. The second-order valence-corrected chi connectivity index (χ2v) is 5.77. The van der Waals surface area contributed by atoms with Crippen molar-refractivity contribution in [3.05, 3.63) is 29.8 Å². The number of rotatable bonds is 5. The van der Waals surface area contributed by atoms with Crippen molar-refractivity contribution in [3.8, 4) is 0 Å². The van der Waals surface area contributed by atoms with E-state index in [1.165, 1.54) is 6.92 Å². The summed E-state index contributed by atoms with van der Waals surface area (Å²) in [4.78, 5) is 22.9. The monoisotopic (exact) mass is 290 g/mol. The maximum absolute atomic E-state index is 11.9. The SMILES string of the molecule is CC(=O)Nc1cccc(CNC(=O)CC2(O)CCCC2)c1. The molecule has 0 saturated heterocycles. The Morgan fingerprint density at radius 1 is 1.29 bits per heavy atom. The van der Waals surface area contributed by atoms with Gasteiger partial charge < -0.3 is 15.7 Å². The minimum atomic E-state index is -0.817. The second kappa shape index (κ2) is 6.72. The maximum Gasteiger partial charge on any atom is 0.223 e. The Bertz CT molecular complexity index is 522. The molecule has 0 atom stereocenters. The molecule has 114 valence electrons. The molecule has 0 unspecified atom stereocenters. The number of benzene rings is 1. The first-order valence-corrected chi connectivity index (χ1v) is 7.32. The highest BCUT2D eigenvalue weighted by atomic mass is 16.3. The molecule has 0 radical (unpaired) electrons. The topological polar surface area (TPSA) is 78.4 Å². The van der Waals surface area contributed by atoms with Crippen molar-refractivity contribution in [1.29, 1.82) is 0 Å². The lowest BCUT2D eigenvalue weighted by Gasteiger charge is -2.21. The molecule has 1 aliphatic rings. The van der Waals surface area contributed by atoms with Crippen LogP contribution in [0.3, 0.4) is 0 Å². The van der Waals surface area contributed by atoms with E-state index >= 15 is 0 Å². The summed E-state index contributed by atoms with van der Waals surface area (Å²) >= 11 is 0. The summed E-state index contributed by atoms with van der Waals surface area (Å²) in [5.74, 6) is -0.260. The highest BCUT2D eigenvalue weighted by Crippen LogP contribution is 2.32. The molecule has 0 bridgehead atoms. The summed E-state index contributed by atoms with van der Waals surface area (Å²) in [7, 11) is 0. The van der Waals surface area contributed by atoms with Crippen LogP contribution in [-0.4, -0.2) is 22.5 Å². The van der Waals surface area contributed by atoms with Crippen molar-refractivity contribution in [2.45, 2.75) is 51.2 Å². The van der Waals surface area contributed by atoms with Crippen molar-refractivity contribution < 1.29 is 14.7 Å². The van der Waals surface area contributed by atoms with E-state index in [1.54, 1.807) is 6.07 Å². The van der Waals surface area contributed by atoms with Crippen LogP contribution in [0.2, 0.25) is 0 Å². The molecule has 1 aromatic rings. The first kappa shape index (κ1) is 15.5. The van der Waals surface area contributed by atoms with E-state index in [9.17, 15) is 14.7 Å². The van der Waals surface area contributed by atoms with Crippen LogP contribution in [-0.2, 0) is 16.1 Å². The summed E-state index contributed by atoms with van der Waals surface area (Å²) in [6, 6.07) is 7.34. The number of carbonyl (C=O) groups excluding carboxylic acids is 2. The van der Waals surface area contributed by atoms with Crippen LogP contribution in [0.25, 0.3) is 0 Å². The third kappa shape index (κ3) is 4.86. The van der Waals surface area contributed by atoms with Gasteiger partial charge in [0.25, 0.3) is 0 Å². The number of anilines is 1. The first-order valence-electron chi connectivity index (χ1n) is 7.32. The number of amides is 2. The molecule has 0 heterocycles. The number of hydrogen-bond acceptors (Lipinski definition) is 3. The summed E-state index contributed by atoms with van der Waals surface area (Å²) in [5.41, 5.74) is 0.805. The Balaban J connectivity index is 1.84. The van der Waals surface area contributed by atoms with Crippen LogP contribution in [0, 0.1) is 0 Å². The van der Waals surface area contributed by atoms with Gasteiger partial charge in [0.1, 0.15) is 0 Å². The molecule has 1 fully saturated rings. The van der Waals surface area contributed by atoms with E-state index in [2.05, 4.69) is 10.6 Å². The molecule has 2 rings (SSSR count). The summed E-state index contributed by atoms with van der Waals surface area (Å²) in [6.07, 6.45) is 3.56. The summed E-state index contributed by atoms with van der Waals surface area (Å²) < 4.78 is 0. The fourth-order valence-electron chi connectivity index (χ4n) is 2.73. The largest absolute Gasteiger partial charge is 0.389 e. The zero-order chi connectivity index (χ0) is 15.3. The Kier molecular flexibility index (Phi) is 4.96. The van der Waals surface area contributed by atoms with E-state index in [0.29, 0.717) is 25.1 Å². The third-order valence-electron chi connectivity index (χ3n) is 3.76. The zero-order valence-electron chi connectivity index (χ0n) is 12.3. The van der Waals surface area contributed by atoms with Gasteiger partial charge in [0.2, 0.25) is 11.8 Å². The van der Waals surface area contributed by atoms with Crippen LogP contribution in [0.15, 0.2) is 24.3 Å². The molecule has 0 aromatic heterocycles. The van der Waals surface area contributed by atoms with Crippen molar-refractivity contribution in [2.75, 3.05) is 5.32 Å².